The number of rotatable bonds is 7. The van der Waals surface area contributed by atoms with E-state index in [0.717, 1.165) is 11.4 Å². The normalized spacial score (nSPS) is 10.5. The number of nitrogens with zero attached hydrogens (tertiary/aromatic N) is 2. The van der Waals surface area contributed by atoms with E-state index in [0.29, 0.717) is 23.0 Å². The Morgan fingerprint density at radius 2 is 1.96 bits per heavy atom. The second-order valence-corrected chi connectivity index (χ2v) is 6.46. The van der Waals surface area contributed by atoms with E-state index < -0.39 is 0 Å². The van der Waals surface area contributed by atoms with Crippen LogP contribution >= 0.6 is 11.8 Å². The van der Waals surface area contributed by atoms with Crippen molar-refractivity contribution in [2.75, 3.05) is 11.6 Å². The first-order valence-electron chi connectivity index (χ1n) is 8.06. The van der Waals surface area contributed by atoms with E-state index >= 15 is 0 Å². The van der Waals surface area contributed by atoms with E-state index in [4.69, 9.17) is 9.26 Å². The fourth-order valence-electron chi connectivity index (χ4n) is 2.37. The Labute approximate surface area is 156 Å². The highest BCUT2D eigenvalue weighted by molar-refractivity contribution is 7.97. The first-order chi connectivity index (χ1) is 12.7. The number of benzene rings is 2. The molecule has 0 radical (unpaired) electrons. The largest absolute Gasteiger partial charge is 0.485 e. The molecule has 0 aliphatic rings. The van der Waals surface area contributed by atoms with Crippen LogP contribution < -0.4 is 10.1 Å². The number of amides is 1. The molecule has 0 unspecified atom stereocenters. The van der Waals surface area contributed by atoms with Crippen LogP contribution in [-0.4, -0.2) is 22.3 Å². The van der Waals surface area contributed by atoms with Gasteiger partial charge < -0.3 is 14.6 Å². The SMILES string of the molecule is CSCc1ccc(NC(=O)c2ccccc2OCc2noc(C)n2)cc1. The lowest BCUT2D eigenvalue weighted by atomic mass is 10.1. The van der Waals surface area contributed by atoms with Crippen molar-refractivity contribution in [3.63, 3.8) is 0 Å². The van der Waals surface area contributed by atoms with Crippen molar-refractivity contribution in [2.24, 2.45) is 0 Å². The molecule has 0 spiro atoms. The van der Waals surface area contributed by atoms with Crippen LogP contribution in [0.4, 0.5) is 5.69 Å². The van der Waals surface area contributed by atoms with Crippen molar-refractivity contribution < 1.29 is 14.1 Å². The summed E-state index contributed by atoms with van der Waals surface area (Å²) >= 11 is 1.76. The summed E-state index contributed by atoms with van der Waals surface area (Å²) in [6.45, 7) is 1.84. The summed E-state index contributed by atoms with van der Waals surface area (Å²) < 4.78 is 10.6. The van der Waals surface area contributed by atoms with Crippen LogP contribution in [0.3, 0.4) is 0 Å². The van der Waals surface area contributed by atoms with Gasteiger partial charge in [0, 0.05) is 18.4 Å². The van der Waals surface area contributed by atoms with Crippen LogP contribution in [0, 0.1) is 6.92 Å². The van der Waals surface area contributed by atoms with Gasteiger partial charge in [-0.2, -0.15) is 16.7 Å². The number of carbonyl (C=O) groups is 1. The molecule has 3 aromatic rings. The van der Waals surface area contributed by atoms with E-state index in [1.165, 1.54) is 5.56 Å². The average Bonchev–Trinajstić information content (AvgIpc) is 3.07. The van der Waals surface area contributed by atoms with Crippen LogP contribution in [0.1, 0.15) is 27.6 Å². The lowest BCUT2D eigenvalue weighted by Crippen LogP contribution is -2.13. The predicted octanol–water partition coefficient (Wildman–Crippen LogP) is 4.07. The van der Waals surface area contributed by atoms with E-state index in [9.17, 15) is 4.79 Å². The molecule has 6 nitrogen and oxygen atoms in total. The summed E-state index contributed by atoms with van der Waals surface area (Å²) in [4.78, 5) is 16.7. The van der Waals surface area contributed by atoms with Gasteiger partial charge in [-0.3, -0.25) is 4.79 Å². The maximum Gasteiger partial charge on any atom is 0.259 e. The summed E-state index contributed by atoms with van der Waals surface area (Å²) in [6, 6.07) is 14.9. The standard InChI is InChI=1S/C19H19N3O3S/c1-13-20-18(22-25-13)11-24-17-6-4-3-5-16(17)19(23)21-15-9-7-14(8-10-15)12-26-2/h3-10H,11-12H2,1-2H3,(H,21,23). The molecule has 26 heavy (non-hydrogen) atoms. The maximum absolute atomic E-state index is 12.6. The van der Waals surface area contributed by atoms with Gasteiger partial charge in [-0.1, -0.05) is 29.4 Å². The number of para-hydroxylation sites is 1. The summed E-state index contributed by atoms with van der Waals surface area (Å²) in [7, 11) is 0. The number of aromatic nitrogens is 2. The highest BCUT2D eigenvalue weighted by Gasteiger charge is 2.13. The number of anilines is 1. The van der Waals surface area contributed by atoms with Gasteiger partial charge in [-0.15, -0.1) is 0 Å². The van der Waals surface area contributed by atoms with Gasteiger partial charge >= 0.3 is 0 Å². The minimum absolute atomic E-state index is 0.130. The minimum Gasteiger partial charge on any atom is -0.485 e. The third-order valence-corrected chi connectivity index (χ3v) is 4.20. The molecule has 1 heterocycles. The smallest absolute Gasteiger partial charge is 0.259 e. The number of thioether (sulfide) groups is 1. The Balaban J connectivity index is 1.68. The molecule has 1 aromatic heterocycles. The second kappa shape index (κ2) is 8.53. The molecule has 1 amide bonds. The van der Waals surface area contributed by atoms with Crippen molar-refractivity contribution in [1.29, 1.82) is 0 Å². The molecular formula is C19H19N3O3S. The molecule has 0 fully saturated rings. The molecule has 0 aliphatic carbocycles. The molecule has 134 valence electrons. The molecule has 0 saturated carbocycles. The van der Waals surface area contributed by atoms with Crippen molar-refractivity contribution in [3.8, 4) is 5.75 Å². The zero-order valence-corrected chi connectivity index (χ0v) is 15.4. The number of hydrogen-bond donors (Lipinski definition) is 1. The van der Waals surface area contributed by atoms with Gasteiger partial charge in [-0.25, -0.2) is 0 Å². The summed E-state index contributed by atoms with van der Waals surface area (Å²) in [5, 5.41) is 6.68. The lowest BCUT2D eigenvalue weighted by molar-refractivity contribution is 0.102. The summed E-state index contributed by atoms with van der Waals surface area (Å²) in [6.07, 6.45) is 2.06. The van der Waals surface area contributed by atoms with Crippen molar-refractivity contribution >= 4 is 23.4 Å². The number of ether oxygens (including phenoxy) is 1. The molecule has 7 heteroatoms. The fraction of sp³-hybridized carbons (Fsp3) is 0.211. The van der Waals surface area contributed by atoms with Crippen LogP contribution in [-0.2, 0) is 12.4 Å². The zero-order chi connectivity index (χ0) is 18.4. The molecular weight excluding hydrogens is 350 g/mol. The average molecular weight is 369 g/mol. The Hall–Kier alpha value is -2.80. The van der Waals surface area contributed by atoms with E-state index in [1.807, 2.05) is 30.3 Å². The van der Waals surface area contributed by atoms with Gasteiger partial charge in [0.15, 0.2) is 6.61 Å². The van der Waals surface area contributed by atoms with E-state index in [-0.39, 0.29) is 12.5 Å². The quantitative estimate of drug-likeness (QED) is 0.676. The predicted molar refractivity (Wildman–Crippen MR) is 101 cm³/mol. The van der Waals surface area contributed by atoms with Crippen molar-refractivity contribution in [3.05, 3.63) is 71.4 Å². The molecule has 0 atom stereocenters. The van der Waals surface area contributed by atoms with Gasteiger partial charge in [0.2, 0.25) is 11.7 Å². The molecule has 1 N–H and O–H groups in total. The third-order valence-electron chi connectivity index (χ3n) is 3.58. The number of nitrogens with one attached hydrogen (secondary N) is 1. The van der Waals surface area contributed by atoms with E-state index in [2.05, 4.69) is 21.7 Å². The molecule has 0 bridgehead atoms. The van der Waals surface area contributed by atoms with Gasteiger partial charge in [0.05, 0.1) is 5.56 Å². The van der Waals surface area contributed by atoms with Crippen LogP contribution in [0.25, 0.3) is 0 Å². The summed E-state index contributed by atoms with van der Waals surface area (Å²) in [5.41, 5.74) is 2.40. The van der Waals surface area contributed by atoms with Crippen LogP contribution in [0.5, 0.6) is 5.75 Å². The molecule has 3 rings (SSSR count). The van der Waals surface area contributed by atoms with Gasteiger partial charge in [-0.05, 0) is 36.1 Å². The zero-order valence-electron chi connectivity index (χ0n) is 14.6. The highest BCUT2D eigenvalue weighted by Crippen LogP contribution is 2.21. The van der Waals surface area contributed by atoms with Crippen molar-refractivity contribution in [1.82, 2.24) is 10.1 Å². The summed E-state index contributed by atoms with van der Waals surface area (Å²) in [5.74, 6) is 2.08. The Morgan fingerprint density at radius 1 is 1.19 bits per heavy atom. The number of aryl methyl sites for hydroxylation is 1. The lowest BCUT2D eigenvalue weighted by Gasteiger charge is -2.11. The number of hydrogen-bond acceptors (Lipinski definition) is 6. The van der Waals surface area contributed by atoms with Gasteiger partial charge in [0.25, 0.3) is 5.91 Å². The Kier molecular flexibility index (Phi) is 5.91. The molecule has 2 aromatic carbocycles. The maximum atomic E-state index is 12.6. The minimum atomic E-state index is -0.234. The van der Waals surface area contributed by atoms with E-state index in [1.54, 1.807) is 36.9 Å². The van der Waals surface area contributed by atoms with Gasteiger partial charge in [0.1, 0.15) is 5.75 Å². The molecule has 0 saturated heterocycles. The second-order valence-electron chi connectivity index (χ2n) is 5.60. The topological polar surface area (TPSA) is 77.2 Å². The highest BCUT2D eigenvalue weighted by atomic mass is 32.2. The van der Waals surface area contributed by atoms with Crippen molar-refractivity contribution in [2.45, 2.75) is 19.3 Å². The monoisotopic (exact) mass is 369 g/mol. The first kappa shape index (κ1) is 18.0. The Bertz CT molecular complexity index is 878. The molecule has 0 aliphatic heterocycles. The van der Waals surface area contributed by atoms with Crippen LogP contribution in [0.15, 0.2) is 53.1 Å². The Morgan fingerprint density at radius 3 is 2.65 bits per heavy atom. The third kappa shape index (κ3) is 4.64. The van der Waals surface area contributed by atoms with Crippen LogP contribution in [0.2, 0.25) is 0 Å². The first-order valence-corrected chi connectivity index (χ1v) is 9.45. The fourth-order valence-corrected chi connectivity index (χ4v) is 2.90. The number of carbonyl (C=O) groups excluding carboxylic acids is 1.